The maximum atomic E-state index is 11.9. The summed E-state index contributed by atoms with van der Waals surface area (Å²) >= 11 is 19.0. The summed E-state index contributed by atoms with van der Waals surface area (Å²) in [5.74, 6) is -8.18. The first-order valence-electron chi connectivity index (χ1n) is 32.5. The highest BCUT2D eigenvalue weighted by molar-refractivity contribution is 9.25. The van der Waals surface area contributed by atoms with Crippen molar-refractivity contribution < 1.29 is 106 Å². The number of aliphatic carboxylic acids is 6. The summed E-state index contributed by atoms with van der Waals surface area (Å²) in [7, 11) is 0. The topological polar surface area (TPSA) is 350 Å². The fourth-order valence-electron chi connectivity index (χ4n) is 8.28. The van der Waals surface area contributed by atoms with Gasteiger partial charge in [-0.2, -0.15) is 13.2 Å². The van der Waals surface area contributed by atoms with E-state index in [1.165, 1.54) is 56.1 Å². The molecule has 0 bridgehead atoms. The van der Waals surface area contributed by atoms with E-state index in [0.29, 0.717) is 40.8 Å². The zero-order valence-corrected chi connectivity index (χ0v) is 62.9. The van der Waals surface area contributed by atoms with Crippen LogP contribution in [-0.4, -0.2) is 114 Å². The number of hydrogen-bond donors (Lipinski definition) is 9. The van der Waals surface area contributed by atoms with Crippen LogP contribution >= 0.6 is 71.0 Å². The van der Waals surface area contributed by atoms with Crippen molar-refractivity contribution in [3.05, 3.63) is 212 Å². The number of ether oxygens (including phenoxy) is 2. The predicted molar refractivity (Wildman–Crippen MR) is 397 cm³/mol. The number of unbranched alkanes of at least 4 members (excludes halogenated alkanes) is 10. The maximum Gasteiger partial charge on any atom is 0.389 e. The summed E-state index contributed by atoms with van der Waals surface area (Å²) < 4.78 is 55.6. The van der Waals surface area contributed by atoms with Crippen LogP contribution in [-0.2, 0) is 54.5 Å². The van der Waals surface area contributed by atoms with Crippen molar-refractivity contribution >= 4 is 119 Å². The first-order valence-corrected chi connectivity index (χ1v) is 35.8. The number of rotatable bonds is 40. The molecule has 0 radical (unpaired) electrons. The highest BCUT2D eigenvalue weighted by Crippen LogP contribution is 2.27. The highest BCUT2D eigenvalue weighted by Gasteiger charge is 2.31. The minimum atomic E-state index is -4.03. The standard InChI is InChI=1S/C20H29F3O2.C19H20O4.C14H10Cl2O4.C12H23BrO2.C7H5NO5.C2HBr2FO2/c21-20(22,23)18-16-14-12-10-8-6-4-2-1-3-5-7-9-11-13-15-17-19(24)25;20-18(21)12-16-8-4-14(5-9-16)2-1-3-15-6-10-17(11-7-15)13-19(22)23;15-9-1-5-11(6-2-9)19-14(13(17)18)20-12-7-3-10(16)4-8-12;1-2-3-4-5-6-7-8-9-10-11(13)12(14)15;9-5-3(6(10)11)1-8-2-4(5)7(12)13;3-2(4,5)1(6)7/h2-5,8-11H,1,6-7,12-18H2,(H,24,25);4-11H,1-3,12-13H2,(H,20,21)(H,22,23);1-8,14H,(H,17,18);11H,2-10H2,1H3,(H,14,15);1-2H,(H,8,9)(H,10,11)(H,12,13);(H,6,7)/b4-2-,5-3-,10-8-,11-9-;;;;;. The number of carboxylic acids is 8. The summed E-state index contributed by atoms with van der Waals surface area (Å²) in [6.45, 7) is 2.22. The normalized spacial score (nSPS) is 11.3. The third-order valence-electron chi connectivity index (χ3n) is 13.6. The number of aromatic carboxylic acids is 2. The van der Waals surface area contributed by atoms with E-state index in [1.807, 2.05) is 78.9 Å². The van der Waals surface area contributed by atoms with E-state index in [2.05, 4.69) is 77.9 Å². The van der Waals surface area contributed by atoms with Gasteiger partial charge in [0.1, 0.15) is 27.5 Å². The van der Waals surface area contributed by atoms with Gasteiger partial charge < -0.3 is 55.3 Å². The van der Waals surface area contributed by atoms with Crippen molar-refractivity contribution in [3.63, 3.8) is 0 Å². The number of alkyl halides is 7. The van der Waals surface area contributed by atoms with E-state index in [0.717, 1.165) is 81.3 Å². The molecule has 5 rings (SSSR count). The lowest BCUT2D eigenvalue weighted by Gasteiger charge is -2.16. The molecule has 0 aliphatic rings. The van der Waals surface area contributed by atoms with E-state index in [4.69, 9.17) is 73.5 Å². The van der Waals surface area contributed by atoms with Crippen molar-refractivity contribution in [2.24, 2.45) is 0 Å². The largest absolute Gasteiger partial charge is 0.481 e. The molecule has 4 aromatic carbocycles. The van der Waals surface area contributed by atoms with Crippen LogP contribution in [0.1, 0.15) is 178 Å². The molecule has 1 heterocycles. The second-order valence-corrected chi connectivity index (χ2v) is 27.5. The number of benzene rings is 4. The van der Waals surface area contributed by atoms with Gasteiger partial charge in [-0.25, -0.2) is 23.6 Å². The Balaban J connectivity index is 0.00000125. The number of pyridine rings is 1. The Morgan fingerprint density at radius 1 is 0.485 bits per heavy atom. The van der Waals surface area contributed by atoms with E-state index in [9.17, 15) is 60.7 Å². The summed E-state index contributed by atoms with van der Waals surface area (Å²) in [6.07, 6.45) is 31.4. The monoisotopic (exact) mass is 1680 g/mol. The van der Waals surface area contributed by atoms with Gasteiger partial charge in [-0.1, -0.05) is 195 Å². The molecule has 103 heavy (non-hydrogen) atoms. The van der Waals surface area contributed by atoms with Crippen molar-refractivity contribution in [1.82, 2.24) is 4.98 Å². The third-order valence-corrected chi connectivity index (χ3v) is 15.6. The molecule has 0 saturated heterocycles. The SMILES string of the molecule is CCCCCCCCCCC(Br)C(=O)O.O=C(O)C(F)(Br)Br.O=C(O)C(Oc1ccc(Cl)cc1)Oc1ccc(Cl)cc1.O=C(O)CCC/C=C\C/C=C\C/C=C\C/C=C\CCCCC(F)(F)F.O=C(O)Cc1ccc(CCCc2ccc(CC(=O)O)cc2)cc1.O=C(O)c1c[nH]cc(C(=O)O)c1=O. The average molecular weight is 1680 g/mol. The first-order chi connectivity index (χ1) is 48.6. The fourth-order valence-corrected chi connectivity index (χ4v) is 8.86. The number of aromatic nitrogens is 1. The number of aromatic amines is 1. The number of allylic oxidation sites excluding steroid dienone is 8. The van der Waals surface area contributed by atoms with E-state index in [1.54, 1.807) is 48.5 Å². The van der Waals surface area contributed by atoms with Crippen molar-refractivity contribution in [1.29, 1.82) is 0 Å². The molecule has 566 valence electrons. The molecular formula is C74H88Br3Cl2F4NO19. The molecule has 5 aromatic rings. The molecule has 0 saturated carbocycles. The predicted octanol–water partition coefficient (Wildman–Crippen LogP) is 19.4. The minimum absolute atomic E-state index is 0.0585. The minimum Gasteiger partial charge on any atom is -0.481 e. The Bertz CT molecular complexity index is 3330. The lowest BCUT2D eigenvalue weighted by Crippen LogP contribution is -2.33. The highest BCUT2D eigenvalue weighted by atomic mass is 79.9. The molecule has 1 atom stereocenters. The van der Waals surface area contributed by atoms with Crippen LogP contribution in [0.3, 0.4) is 0 Å². The Morgan fingerprint density at radius 3 is 1.19 bits per heavy atom. The molecule has 0 spiro atoms. The molecular weight excluding hydrogens is 1590 g/mol. The summed E-state index contributed by atoms with van der Waals surface area (Å²) in [6, 6.07) is 28.0. The molecule has 29 heteroatoms. The van der Waals surface area contributed by atoms with E-state index < -0.39 is 86.7 Å². The second-order valence-electron chi connectivity index (χ2n) is 22.3. The smallest absolute Gasteiger partial charge is 0.389 e. The van der Waals surface area contributed by atoms with Crippen LogP contribution in [0.2, 0.25) is 10.0 Å². The quantitative estimate of drug-likeness (QED) is 0.00578. The molecule has 0 aliphatic heterocycles. The van der Waals surface area contributed by atoms with Crippen LogP contribution in [0.4, 0.5) is 17.6 Å². The van der Waals surface area contributed by atoms with Gasteiger partial charge in [0.15, 0.2) is 0 Å². The molecule has 1 unspecified atom stereocenters. The summed E-state index contributed by atoms with van der Waals surface area (Å²) in [5.41, 5.74) is 1.85. The van der Waals surface area contributed by atoms with Crippen LogP contribution in [0.15, 0.2) is 163 Å². The Labute approximate surface area is 630 Å². The number of halogens is 9. The Morgan fingerprint density at radius 2 is 0.854 bits per heavy atom. The lowest BCUT2D eigenvalue weighted by molar-refractivity contribution is -0.158. The van der Waals surface area contributed by atoms with Gasteiger partial charge in [0.05, 0.1) is 12.8 Å². The number of carboxylic acid groups (broad SMARTS) is 8. The van der Waals surface area contributed by atoms with Crippen molar-refractivity contribution in [3.8, 4) is 11.5 Å². The molecule has 9 N–H and O–H groups in total. The third kappa shape index (κ3) is 53.4. The average Bonchev–Trinajstić information content (AvgIpc) is 0.832. The van der Waals surface area contributed by atoms with Crippen LogP contribution < -0.4 is 14.9 Å². The van der Waals surface area contributed by atoms with Crippen molar-refractivity contribution in [2.75, 3.05) is 0 Å². The van der Waals surface area contributed by atoms with Gasteiger partial charge in [-0.05, 0) is 180 Å². The van der Waals surface area contributed by atoms with Gasteiger partial charge in [-0.15, -0.1) is 0 Å². The Kier molecular flexibility index (Phi) is 51.9. The van der Waals surface area contributed by atoms with E-state index in [-0.39, 0.29) is 30.5 Å². The van der Waals surface area contributed by atoms with E-state index >= 15 is 0 Å². The van der Waals surface area contributed by atoms with Gasteiger partial charge in [0.2, 0.25) is 5.43 Å². The number of carbonyl (C=O) groups is 8. The lowest BCUT2D eigenvalue weighted by atomic mass is 10.0. The number of aryl methyl sites for hydroxylation is 2. The van der Waals surface area contributed by atoms with Gasteiger partial charge in [0.25, 0.3) is 0 Å². The number of H-pyrrole nitrogens is 1. The van der Waals surface area contributed by atoms with Gasteiger partial charge in [0, 0.05) is 35.3 Å². The molecule has 0 fully saturated rings. The fraction of sp³-hybridized carbons (Fsp3) is 0.392. The molecule has 1 aromatic heterocycles. The summed E-state index contributed by atoms with van der Waals surface area (Å²) in [4.78, 5) is 96.5. The van der Waals surface area contributed by atoms with Gasteiger partial charge in [-0.3, -0.25) is 24.0 Å². The molecule has 20 nitrogen and oxygen atoms in total. The first kappa shape index (κ1) is 94.9. The zero-order chi connectivity index (χ0) is 77.6. The van der Waals surface area contributed by atoms with Gasteiger partial charge >= 0.3 is 63.7 Å². The van der Waals surface area contributed by atoms with Crippen molar-refractivity contribution in [2.45, 2.75) is 182 Å². The number of nitrogens with one attached hydrogen (secondary N) is 1. The molecule has 0 aliphatic carbocycles. The maximum absolute atomic E-state index is 11.9. The van der Waals surface area contributed by atoms with Crippen LogP contribution in [0.25, 0.3) is 0 Å². The second kappa shape index (κ2) is 56.4. The zero-order valence-electron chi connectivity index (χ0n) is 56.6. The van der Waals surface area contributed by atoms with Crippen LogP contribution in [0.5, 0.6) is 11.5 Å². The van der Waals surface area contributed by atoms with Crippen LogP contribution in [0, 0.1) is 0 Å². The Hall–Kier alpha value is -8.11. The molecule has 0 amide bonds. The number of hydrogen-bond acceptors (Lipinski definition) is 11. The summed E-state index contributed by atoms with van der Waals surface area (Å²) in [5, 5.41) is 69.5.